The van der Waals surface area contributed by atoms with Gasteiger partial charge < -0.3 is 4.90 Å². The van der Waals surface area contributed by atoms with E-state index in [1.807, 2.05) is 11.7 Å². The standard InChI is InChI=1S/C17H26N4O/c1-13-14(11-19(2)18-13)12-20-9-3-7-17(20)8-4-10-21(16(17)22)15-5-6-15/h11,15H,3-10,12H2,1-2H3. The van der Waals surface area contributed by atoms with Crippen LogP contribution in [0.1, 0.15) is 49.8 Å². The van der Waals surface area contributed by atoms with Crippen molar-refractivity contribution in [2.75, 3.05) is 13.1 Å². The molecule has 22 heavy (non-hydrogen) atoms. The van der Waals surface area contributed by atoms with Gasteiger partial charge >= 0.3 is 0 Å². The fourth-order valence-electron chi connectivity index (χ4n) is 4.45. The lowest BCUT2D eigenvalue weighted by Crippen LogP contribution is -2.60. The van der Waals surface area contributed by atoms with Crippen LogP contribution < -0.4 is 0 Å². The molecule has 1 unspecified atom stereocenters. The van der Waals surface area contributed by atoms with Gasteiger partial charge in [0.05, 0.1) is 5.69 Å². The van der Waals surface area contributed by atoms with Crippen molar-refractivity contribution in [1.29, 1.82) is 0 Å². The smallest absolute Gasteiger partial charge is 0.243 e. The molecule has 5 heteroatoms. The SMILES string of the molecule is Cc1nn(C)cc1CN1CCCC12CCCN(C1CC1)C2=O. The summed E-state index contributed by atoms with van der Waals surface area (Å²) in [6.07, 6.45) is 8.90. The van der Waals surface area contributed by atoms with Crippen LogP contribution in [0.5, 0.6) is 0 Å². The van der Waals surface area contributed by atoms with E-state index in [0.717, 1.165) is 51.0 Å². The maximum absolute atomic E-state index is 13.2. The molecule has 3 fully saturated rings. The Bertz CT molecular complexity index is 591. The molecule has 1 aromatic rings. The highest BCUT2D eigenvalue weighted by atomic mass is 16.2. The van der Waals surface area contributed by atoms with Gasteiger partial charge in [0, 0.05) is 37.9 Å². The Hall–Kier alpha value is -1.36. The Morgan fingerprint density at radius 1 is 1.27 bits per heavy atom. The molecule has 4 rings (SSSR count). The number of carbonyl (C=O) groups is 1. The number of rotatable bonds is 3. The third-order valence-electron chi connectivity index (χ3n) is 5.74. The first-order chi connectivity index (χ1) is 10.6. The summed E-state index contributed by atoms with van der Waals surface area (Å²) in [5, 5.41) is 4.45. The van der Waals surface area contributed by atoms with Crippen molar-refractivity contribution in [3.05, 3.63) is 17.5 Å². The van der Waals surface area contributed by atoms with Gasteiger partial charge in [0.15, 0.2) is 0 Å². The topological polar surface area (TPSA) is 41.4 Å². The van der Waals surface area contributed by atoms with E-state index in [4.69, 9.17) is 0 Å². The first-order valence-electron chi connectivity index (χ1n) is 8.65. The van der Waals surface area contributed by atoms with Crippen molar-refractivity contribution in [2.24, 2.45) is 7.05 Å². The van der Waals surface area contributed by atoms with Crippen LogP contribution >= 0.6 is 0 Å². The minimum Gasteiger partial charge on any atom is -0.338 e. The summed E-state index contributed by atoms with van der Waals surface area (Å²) in [6, 6.07) is 0.548. The average molecular weight is 302 g/mol. The van der Waals surface area contributed by atoms with Crippen molar-refractivity contribution >= 4 is 5.91 Å². The second-order valence-corrected chi connectivity index (χ2v) is 7.30. The monoisotopic (exact) mass is 302 g/mol. The van der Waals surface area contributed by atoms with E-state index >= 15 is 0 Å². The summed E-state index contributed by atoms with van der Waals surface area (Å²) in [4.78, 5) is 17.8. The Balaban J connectivity index is 1.59. The zero-order valence-electron chi connectivity index (χ0n) is 13.7. The number of amides is 1. The summed E-state index contributed by atoms with van der Waals surface area (Å²) in [6.45, 7) is 4.95. The maximum atomic E-state index is 13.2. The molecule has 1 atom stereocenters. The third kappa shape index (κ3) is 2.18. The van der Waals surface area contributed by atoms with E-state index in [9.17, 15) is 4.79 Å². The number of carbonyl (C=O) groups excluding carboxylic acids is 1. The van der Waals surface area contributed by atoms with Gasteiger partial charge in [0.1, 0.15) is 5.54 Å². The molecule has 1 spiro atoms. The number of aromatic nitrogens is 2. The lowest BCUT2D eigenvalue weighted by molar-refractivity contribution is -0.148. The fraction of sp³-hybridized carbons (Fsp3) is 0.765. The minimum absolute atomic E-state index is 0.219. The Morgan fingerprint density at radius 3 is 2.64 bits per heavy atom. The maximum Gasteiger partial charge on any atom is 0.243 e. The molecule has 1 amide bonds. The zero-order valence-corrected chi connectivity index (χ0v) is 13.7. The third-order valence-corrected chi connectivity index (χ3v) is 5.74. The molecular weight excluding hydrogens is 276 g/mol. The molecule has 2 saturated heterocycles. The van der Waals surface area contributed by atoms with Crippen LogP contribution in [-0.4, -0.2) is 50.2 Å². The van der Waals surface area contributed by atoms with Crippen LogP contribution in [0.25, 0.3) is 0 Å². The normalized spacial score (nSPS) is 29.7. The van der Waals surface area contributed by atoms with Crippen LogP contribution in [0.2, 0.25) is 0 Å². The molecular formula is C17H26N4O. The van der Waals surface area contributed by atoms with Gasteiger partial charge in [-0.3, -0.25) is 14.4 Å². The van der Waals surface area contributed by atoms with Crippen LogP contribution in [0, 0.1) is 6.92 Å². The van der Waals surface area contributed by atoms with Crippen molar-refractivity contribution < 1.29 is 4.79 Å². The van der Waals surface area contributed by atoms with E-state index in [-0.39, 0.29) is 5.54 Å². The Morgan fingerprint density at radius 2 is 2.00 bits per heavy atom. The molecule has 0 N–H and O–H groups in total. The number of hydrogen-bond acceptors (Lipinski definition) is 3. The molecule has 120 valence electrons. The number of nitrogens with zero attached hydrogens (tertiary/aromatic N) is 4. The van der Waals surface area contributed by atoms with E-state index in [2.05, 4.69) is 28.0 Å². The van der Waals surface area contributed by atoms with Gasteiger partial charge in [-0.2, -0.15) is 5.10 Å². The van der Waals surface area contributed by atoms with Crippen LogP contribution in [0.15, 0.2) is 6.20 Å². The van der Waals surface area contributed by atoms with Gasteiger partial charge in [0.2, 0.25) is 5.91 Å². The van der Waals surface area contributed by atoms with Gasteiger partial charge in [-0.1, -0.05) is 0 Å². The lowest BCUT2D eigenvalue weighted by atomic mass is 9.85. The summed E-state index contributed by atoms with van der Waals surface area (Å²) in [5.74, 6) is 0.417. The van der Waals surface area contributed by atoms with Gasteiger partial charge in [-0.25, -0.2) is 0 Å². The highest BCUT2D eigenvalue weighted by Gasteiger charge is 2.53. The molecule has 2 aliphatic heterocycles. The average Bonchev–Trinajstić information content (AvgIpc) is 3.17. The van der Waals surface area contributed by atoms with E-state index in [0.29, 0.717) is 11.9 Å². The minimum atomic E-state index is -0.219. The first-order valence-corrected chi connectivity index (χ1v) is 8.65. The highest BCUT2D eigenvalue weighted by Crippen LogP contribution is 2.42. The fourth-order valence-corrected chi connectivity index (χ4v) is 4.45. The number of piperidine rings is 1. The molecule has 0 radical (unpaired) electrons. The molecule has 1 saturated carbocycles. The van der Waals surface area contributed by atoms with Crippen LogP contribution in [0.3, 0.4) is 0 Å². The molecule has 0 bridgehead atoms. The van der Waals surface area contributed by atoms with E-state index < -0.39 is 0 Å². The number of aryl methyl sites for hydroxylation is 2. The molecule has 0 aromatic carbocycles. The largest absolute Gasteiger partial charge is 0.338 e. The Kier molecular flexibility index (Phi) is 3.29. The summed E-state index contributed by atoms with van der Waals surface area (Å²) in [5.41, 5.74) is 2.13. The van der Waals surface area contributed by atoms with Gasteiger partial charge in [-0.15, -0.1) is 0 Å². The van der Waals surface area contributed by atoms with Crippen molar-refractivity contribution in [2.45, 2.75) is 63.6 Å². The predicted octanol–water partition coefficient (Wildman–Crippen LogP) is 1.85. The summed E-state index contributed by atoms with van der Waals surface area (Å²) >= 11 is 0. The predicted molar refractivity (Wildman–Crippen MR) is 84.3 cm³/mol. The van der Waals surface area contributed by atoms with Crippen LogP contribution in [0.4, 0.5) is 0 Å². The van der Waals surface area contributed by atoms with Crippen LogP contribution in [-0.2, 0) is 18.4 Å². The molecule has 1 aliphatic carbocycles. The number of likely N-dealkylation sites (tertiary alicyclic amines) is 2. The van der Waals surface area contributed by atoms with Crippen molar-refractivity contribution in [3.63, 3.8) is 0 Å². The van der Waals surface area contributed by atoms with Crippen molar-refractivity contribution in [3.8, 4) is 0 Å². The van der Waals surface area contributed by atoms with E-state index in [1.54, 1.807) is 0 Å². The summed E-state index contributed by atoms with van der Waals surface area (Å²) in [7, 11) is 1.97. The first kappa shape index (κ1) is 14.2. The quantitative estimate of drug-likeness (QED) is 0.855. The molecule has 3 aliphatic rings. The second-order valence-electron chi connectivity index (χ2n) is 7.30. The number of hydrogen-bond donors (Lipinski definition) is 0. The molecule has 1 aromatic heterocycles. The molecule has 3 heterocycles. The van der Waals surface area contributed by atoms with E-state index in [1.165, 1.54) is 18.4 Å². The highest BCUT2D eigenvalue weighted by molar-refractivity contribution is 5.88. The zero-order chi connectivity index (χ0) is 15.3. The second kappa shape index (κ2) is 5.08. The van der Waals surface area contributed by atoms with Crippen molar-refractivity contribution in [1.82, 2.24) is 19.6 Å². The van der Waals surface area contributed by atoms with Gasteiger partial charge in [0.25, 0.3) is 0 Å². The molecule has 5 nitrogen and oxygen atoms in total. The summed E-state index contributed by atoms with van der Waals surface area (Å²) < 4.78 is 1.88. The Labute approximate surface area is 132 Å². The lowest BCUT2D eigenvalue weighted by Gasteiger charge is -2.45. The van der Waals surface area contributed by atoms with Gasteiger partial charge in [-0.05, 0) is 52.0 Å².